The average Bonchev–Trinajstić information content (AvgIpc) is 2.70. The number of hydrogen-bond acceptors (Lipinski definition) is 4. The van der Waals surface area contributed by atoms with Gasteiger partial charge >= 0.3 is 0 Å². The van der Waals surface area contributed by atoms with Crippen LogP contribution in [0.5, 0.6) is 0 Å². The zero-order chi connectivity index (χ0) is 19.7. The summed E-state index contributed by atoms with van der Waals surface area (Å²) in [5, 5.41) is 5.00. The lowest BCUT2D eigenvalue weighted by Crippen LogP contribution is -2.45. The predicted octanol–water partition coefficient (Wildman–Crippen LogP) is 4.66. The first-order valence-corrected chi connectivity index (χ1v) is 11.2. The Morgan fingerprint density at radius 3 is 2.79 bits per heavy atom. The van der Waals surface area contributed by atoms with Crippen LogP contribution in [0.4, 0.5) is 5.69 Å². The van der Waals surface area contributed by atoms with Crippen molar-refractivity contribution in [1.82, 2.24) is 15.2 Å². The summed E-state index contributed by atoms with van der Waals surface area (Å²) >= 11 is 3.65. The molecule has 0 spiro atoms. The number of piperidine rings is 2. The zero-order valence-electron chi connectivity index (χ0n) is 17.0. The molecule has 5 heteroatoms. The highest BCUT2D eigenvalue weighted by atomic mass is 79.9. The average molecular weight is 443 g/mol. The standard InChI is InChI=1S/C23H31BrN4/c1-16-13-18(17(2)26-19-8-11-27(3)12-9-19)15-28(14-16)22-7-6-21(24)23-20(22)5-4-10-25-23/h4-7,10,16,18-19,26H,2,8-9,11-15H2,1,3H3. The minimum absolute atomic E-state index is 0.485. The highest BCUT2D eigenvalue weighted by molar-refractivity contribution is 9.10. The summed E-state index contributed by atoms with van der Waals surface area (Å²) in [6, 6.07) is 9.15. The van der Waals surface area contributed by atoms with Crippen LogP contribution in [0.25, 0.3) is 10.9 Å². The maximum atomic E-state index is 4.59. The smallest absolute Gasteiger partial charge is 0.0864 e. The van der Waals surface area contributed by atoms with Gasteiger partial charge in [-0.1, -0.05) is 13.5 Å². The highest BCUT2D eigenvalue weighted by Crippen LogP contribution is 2.35. The molecule has 2 aromatic rings. The second kappa shape index (κ2) is 8.42. The van der Waals surface area contributed by atoms with Gasteiger partial charge in [0.25, 0.3) is 0 Å². The maximum Gasteiger partial charge on any atom is 0.0864 e. The van der Waals surface area contributed by atoms with Gasteiger partial charge < -0.3 is 15.1 Å². The molecule has 2 saturated heterocycles. The van der Waals surface area contributed by atoms with Gasteiger partial charge in [0.15, 0.2) is 0 Å². The van der Waals surface area contributed by atoms with Crippen LogP contribution in [0, 0.1) is 11.8 Å². The van der Waals surface area contributed by atoms with Crippen LogP contribution in [0.3, 0.4) is 0 Å². The fourth-order valence-corrected chi connectivity index (χ4v) is 5.18. The normalized spacial score (nSPS) is 24.5. The van der Waals surface area contributed by atoms with E-state index in [1.165, 1.54) is 49.1 Å². The summed E-state index contributed by atoms with van der Waals surface area (Å²) in [6.07, 6.45) is 5.50. The Morgan fingerprint density at radius 1 is 1.21 bits per heavy atom. The van der Waals surface area contributed by atoms with E-state index in [1.54, 1.807) is 0 Å². The summed E-state index contributed by atoms with van der Waals surface area (Å²) in [7, 11) is 2.21. The fourth-order valence-electron chi connectivity index (χ4n) is 4.73. The molecule has 0 amide bonds. The van der Waals surface area contributed by atoms with Crippen molar-refractivity contribution in [2.75, 3.05) is 38.1 Å². The molecule has 2 aliphatic rings. The van der Waals surface area contributed by atoms with Crippen molar-refractivity contribution in [3.8, 4) is 0 Å². The monoisotopic (exact) mass is 442 g/mol. The van der Waals surface area contributed by atoms with Crippen LogP contribution in [0.2, 0.25) is 0 Å². The summed E-state index contributed by atoms with van der Waals surface area (Å²) in [5.74, 6) is 1.13. The quantitative estimate of drug-likeness (QED) is 0.745. The molecule has 1 aromatic carbocycles. The maximum absolute atomic E-state index is 4.59. The molecule has 2 fully saturated rings. The lowest BCUT2D eigenvalue weighted by molar-refractivity contribution is 0.235. The molecule has 150 valence electrons. The number of fused-ring (bicyclic) bond motifs is 1. The molecule has 1 N–H and O–H groups in total. The van der Waals surface area contributed by atoms with Gasteiger partial charge in [-0.05, 0) is 85.5 Å². The first kappa shape index (κ1) is 19.7. The SMILES string of the molecule is C=C(NC1CCN(C)CC1)C1CC(C)CN(c2ccc(Br)c3ncccc23)C1. The molecule has 4 rings (SSSR count). The van der Waals surface area contributed by atoms with Gasteiger partial charge in [0.05, 0.1) is 5.52 Å². The van der Waals surface area contributed by atoms with E-state index >= 15 is 0 Å². The molecule has 1 aromatic heterocycles. The topological polar surface area (TPSA) is 31.4 Å². The van der Waals surface area contributed by atoms with Gasteiger partial charge in [0.1, 0.15) is 0 Å². The molecular weight excluding hydrogens is 412 g/mol. The summed E-state index contributed by atoms with van der Waals surface area (Å²) in [6.45, 7) is 11.3. The molecule has 0 bridgehead atoms. The van der Waals surface area contributed by atoms with Crippen LogP contribution in [-0.2, 0) is 0 Å². The number of pyridine rings is 1. The van der Waals surface area contributed by atoms with Crippen molar-refractivity contribution < 1.29 is 0 Å². The first-order valence-electron chi connectivity index (χ1n) is 10.4. The Balaban J connectivity index is 1.51. The van der Waals surface area contributed by atoms with E-state index in [1.807, 2.05) is 12.3 Å². The summed E-state index contributed by atoms with van der Waals surface area (Å²) in [5.41, 5.74) is 3.55. The van der Waals surface area contributed by atoms with Crippen molar-refractivity contribution in [1.29, 1.82) is 0 Å². The van der Waals surface area contributed by atoms with Gasteiger partial charge in [-0.15, -0.1) is 0 Å². The number of nitrogens with zero attached hydrogens (tertiary/aromatic N) is 3. The Morgan fingerprint density at radius 2 is 2.00 bits per heavy atom. The molecule has 2 unspecified atom stereocenters. The Hall–Kier alpha value is -1.59. The third kappa shape index (κ3) is 4.20. The highest BCUT2D eigenvalue weighted by Gasteiger charge is 2.29. The van der Waals surface area contributed by atoms with Crippen molar-refractivity contribution in [2.24, 2.45) is 11.8 Å². The van der Waals surface area contributed by atoms with Crippen molar-refractivity contribution in [3.63, 3.8) is 0 Å². The number of nitrogens with one attached hydrogen (secondary N) is 1. The lowest BCUT2D eigenvalue weighted by Gasteiger charge is -2.40. The molecular formula is C23H31BrN4. The first-order chi connectivity index (χ1) is 13.5. The Labute approximate surface area is 177 Å². The lowest BCUT2D eigenvalue weighted by atomic mass is 9.87. The molecule has 0 aliphatic carbocycles. The van der Waals surface area contributed by atoms with Crippen molar-refractivity contribution >= 4 is 32.5 Å². The van der Waals surface area contributed by atoms with Crippen LogP contribution < -0.4 is 10.2 Å². The van der Waals surface area contributed by atoms with E-state index in [0.29, 0.717) is 17.9 Å². The number of likely N-dealkylation sites (tertiary alicyclic amines) is 1. The van der Waals surface area contributed by atoms with Gasteiger partial charge in [0.2, 0.25) is 0 Å². The van der Waals surface area contributed by atoms with Crippen molar-refractivity contribution in [3.05, 3.63) is 47.2 Å². The van der Waals surface area contributed by atoms with E-state index in [2.05, 4.69) is 74.8 Å². The van der Waals surface area contributed by atoms with Gasteiger partial charge in [0, 0.05) is 52.5 Å². The molecule has 4 nitrogen and oxygen atoms in total. The second-order valence-corrected chi connectivity index (χ2v) is 9.51. The van der Waals surface area contributed by atoms with E-state index in [9.17, 15) is 0 Å². The molecule has 0 saturated carbocycles. The Kier molecular flexibility index (Phi) is 5.93. The number of hydrogen-bond donors (Lipinski definition) is 1. The van der Waals surface area contributed by atoms with Crippen LogP contribution >= 0.6 is 15.9 Å². The van der Waals surface area contributed by atoms with E-state index in [-0.39, 0.29) is 0 Å². The number of aromatic nitrogens is 1. The number of halogens is 1. The third-order valence-electron chi connectivity index (χ3n) is 6.30. The van der Waals surface area contributed by atoms with Crippen molar-refractivity contribution in [2.45, 2.75) is 32.2 Å². The van der Waals surface area contributed by atoms with E-state index < -0.39 is 0 Å². The van der Waals surface area contributed by atoms with Gasteiger partial charge in [-0.3, -0.25) is 4.98 Å². The number of anilines is 1. The molecule has 2 atom stereocenters. The summed E-state index contributed by atoms with van der Waals surface area (Å²) in [4.78, 5) is 9.54. The number of benzene rings is 1. The van der Waals surface area contributed by atoms with Gasteiger partial charge in [-0.2, -0.15) is 0 Å². The van der Waals surface area contributed by atoms with Crippen LogP contribution in [0.15, 0.2) is 47.2 Å². The van der Waals surface area contributed by atoms with Crippen LogP contribution in [0.1, 0.15) is 26.2 Å². The Bertz CT molecular complexity index is 844. The fraction of sp³-hybridized carbons (Fsp3) is 0.522. The third-order valence-corrected chi connectivity index (χ3v) is 6.94. The summed E-state index contributed by atoms with van der Waals surface area (Å²) < 4.78 is 1.06. The second-order valence-electron chi connectivity index (χ2n) is 8.66. The number of rotatable bonds is 4. The molecule has 28 heavy (non-hydrogen) atoms. The molecule has 0 radical (unpaired) electrons. The predicted molar refractivity (Wildman–Crippen MR) is 122 cm³/mol. The molecule has 3 heterocycles. The zero-order valence-corrected chi connectivity index (χ0v) is 18.6. The molecule has 2 aliphatic heterocycles. The van der Waals surface area contributed by atoms with E-state index in [0.717, 1.165) is 23.1 Å². The van der Waals surface area contributed by atoms with Gasteiger partial charge in [-0.25, -0.2) is 0 Å². The minimum atomic E-state index is 0.485. The largest absolute Gasteiger partial charge is 0.386 e. The minimum Gasteiger partial charge on any atom is -0.386 e. The van der Waals surface area contributed by atoms with E-state index in [4.69, 9.17) is 0 Å². The van der Waals surface area contributed by atoms with Crippen LogP contribution in [-0.4, -0.2) is 49.2 Å².